The van der Waals surface area contributed by atoms with Crippen molar-refractivity contribution in [3.05, 3.63) is 71.5 Å². The van der Waals surface area contributed by atoms with Crippen molar-refractivity contribution in [2.75, 3.05) is 24.2 Å². The van der Waals surface area contributed by atoms with Crippen molar-refractivity contribution in [2.45, 2.75) is 60.5 Å². The van der Waals surface area contributed by atoms with E-state index < -0.39 is 12.0 Å². The van der Waals surface area contributed by atoms with Crippen molar-refractivity contribution >= 4 is 17.3 Å². The van der Waals surface area contributed by atoms with E-state index in [9.17, 15) is 9.90 Å². The summed E-state index contributed by atoms with van der Waals surface area (Å²) in [6, 6.07) is 5.77. The molecule has 0 fully saturated rings. The van der Waals surface area contributed by atoms with Gasteiger partial charge in [0.25, 0.3) is 5.91 Å². The summed E-state index contributed by atoms with van der Waals surface area (Å²) in [4.78, 5) is 12.8. The first-order chi connectivity index (χ1) is 15.0. The van der Waals surface area contributed by atoms with Gasteiger partial charge in [-0.25, -0.2) is 0 Å². The van der Waals surface area contributed by atoms with Crippen LogP contribution in [-0.4, -0.2) is 30.7 Å². The molecule has 0 saturated carbocycles. The molecule has 1 amide bonds. The number of anilines is 2. The number of amides is 1. The molecule has 172 valence electrons. The number of aliphatic hydroxyl groups is 1. The van der Waals surface area contributed by atoms with Gasteiger partial charge in [0.15, 0.2) is 6.10 Å². The minimum atomic E-state index is -1.31. The Bertz CT molecular complexity index is 777. The van der Waals surface area contributed by atoms with E-state index >= 15 is 0 Å². The van der Waals surface area contributed by atoms with Gasteiger partial charge in [-0.1, -0.05) is 58.1 Å². The van der Waals surface area contributed by atoms with Gasteiger partial charge in [-0.05, 0) is 56.0 Å². The monoisotopic (exact) mass is 427 g/mol. The van der Waals surface area contributed by atoms with Gasteiger partial charge in [0.1, 0.15) is 0 Å². The van der Waals surface area contributed by atoms with Crippen LogP contribution in [-0.2, 0) is 11.2 Å². The third-order valence-corrected chi connectivity index (χ3v) is 4.31. The zero-order valence-electron chi connectivity index (χ0n) is 20.3. The molecule has 1 aromatic carbocycles. The number of aliphatic hydroxyl groups excluding tert-OH is 1. The Morgan fingerprint density at radius 2 is 1.87 bits per heavy atom. The van der Waals surface area contributed by atoms with Crippen LogP contribution in [0, 0.1) is 0 Å². The van der Waals surface area contributed by atoms with Gasteiger partial charge in [-0.3, -0.25) is 4.79 Å². The molecule has 5 heteroatoms. The van der Waals surface area contributed by atoms with E-state index in [1.807, 2.05) is 76.3 Å². The number of hydrogen-bond acceptors (Lipinski definition) is 4. The molecule has 4 N–H and O–H groups in total. The Labute approximate surface area is 189 Å². The van der Waals surface area contributed by atoms with Crippen LogP contribution in [0.2, 0.25) is 0 Å². The van der Waals surface area contributed by atoms with E-state index in [0.717, 1.165) is 36.2 Å². The molecule has 0 radical (unpaired) electrons. The molecule has 0 heterocycles. The largest absolute Gasteiger partial charge is 0.394 e. The second-order valence-electron chi connectivity index (χ2n) is 6.58. The molecule has 1 rings (SSSR count). The highest BCUT2D eigenvalue weighted by Crippen LogP contribution is 2.23. The summed E-state index contributed by atoms with van der Waals surface area (Å²) in [5.74, 6) is -0.473. The van der Waals surface area contributed by atoms with Crippen LogP contribution in [0.15, 0.2) is 65.9 Å². The van der Waals surface area contributed by atoms with Gasteiger partial charge < -0.3 is 21.1 Å². The van der Waals surface area contributed by atoms with Crippen LogP contribution in [0.1, 0.15) is 53.5 Å². The van der Waals surface area contributed by atoms with Crippen LogP contribution in [0.4, 0.5) is 11.4 Å². The smallest absolute Gasteiger partial charge is 0.257 e. The fourth-order valence-electron chi connectivity index (χ4n) is 2.85. The quantitative estimate of drug-likeness (QED) is 0.348. The minimum Gasteiger partial charge on any atom is -0.394 e. The van der Waals surface area contributed by atoms with Gasteiger partial charge in [-0.2, -0.15) is 0 Å². The number of carbonyl (C=O) groups excluding carboxylic acids is 1. The zero-order valence-corrected chi connectivity index (χ0v) is 20.3. The lowest BCUT2D eigenvalue weighted by Gasteiger charge is -2.18. The molecule has 1 unspecified atom stereocenters. The van der Waals surface area contributed by atoms with Crippen molar-refractivity contribution in [3.8, 4) is 0 Å². The maximum absolute atomic E-state index is 12.8. The average molecular weight is 428 g/mol. The molecule has 31 heavy (non-hydrogen) atoms. The Hall–Kier alpha value is -2.79. The number of aryl methyl sites for hydroxylation is 1. The fourth-order valence-corrected chi connectivity index (χ4v) is 2.85. The highest BCUT2D eigenvalue weighted by atomic mass is 16.3. The summed E-state index contributed by atoms with van der Waals surface area (Å²) in [5.41, 5.74) is 4.13. The first-order valence-electron chi connectivity index (χ1n) is 11.2. The average Bonchev–Trinajstić information content (AvgIpc) is 2.80. The molecular weight excluding hydrogens is 386 g/mol. The van der Waals surface area contributed by atoms with Crippen LogP contribution in [0.3, 0.4) is 0 Å². The van der Waals surface area contributed by atoms with Crippen molar-refractivity contribution < 1.29 is 9.90 Å². The zero-order chi connectivity index (χ0) is 23.6. The van der Waals surface area contributed by atoms with Crippen LogP contribution in [0.25, 0.3) is 0 Å². The predicted molar refractivity (Wildman–Crippen MR) is 135 cm³/mol. The number of nitrogens with one attached hydrogen (secondary N) is 3. The summed E-state index contributed by atoms with van der Waals surface area (Å²) in [6.07, 6.45) is 11.6. The summed E-state index contributed by atoms with van der Waals surface area (Å²) >= 11 is 0. The second kappa shape index (κ2) is 16.9. The van der Waals surface area contributed by atoms with Crippen molar-refractivity contribution in [3.63, 3.8) is 0 Å². The SMILES string of the molecule is CC.C\C=C/C=C(\C=C/C)C(=C\NC)/C(O)C(=O)Nc1ccc(NCCC)c(CC)c1. The third kappa shape index (κ3) is 9.71. The first-order valence-corrected chi connectivity index (χ1v) is 11.2. The van der Waals surface area contributed by atoms with Gasteiger partial charge in [0, 0.05) is 36.7 Å². The first kappa shape index (κ1) is 28.2. The maximum Gasteiger partial charge on any atom is 0.257 e. The molecule has 5 nitrogen and oxygen atoms in total. The standard InChI is InChI=1S/C24H35N3O2.C2H6/c1-6-10-12-19(11-7-2)21(17-25-5)23(28)24(29)27-20-13-14-22(26-15-8-3)18(9-4)16-20;1-2/h6-7,10-14,16-17,23,25-26,28H,8-9,15H2,1-5H3,(H,27,29);1-2H3/b10-6-,11-7-,19-12+,21-17+;. The Kier molecular flexibility index (Phi) is 15.4. The van der Waals surface area contributed by atoms with Crippen molar-refractivity contribution in [2.24, 2.45) is 0 Å². The summed E-state index contributed by atoms with van der Waals surface area (Å²) in [7, 11) is 1.74. The minimum absolute atomic E-state index is 0.473. The second-order valence-corrected chi connectivity index (χ2v) is 6.58. The van der Waals surface area contributed by atoms with Crippen molar-refractivity contribution in [1.82, 2.24) is 5.32 Å². The highest BCUT2D eigenvalue weighted by Gasteiger charge is 2.22. The maximum atomic E-state index is 12.8. The van der Waals surface area contributed by atoms with Gasteiger partial charge in [0.2, 0.25) is 0 Å². The fraction of sp³-hybridized carbons (Fsp3) is 0.423. The van der Waals surface area contributed by atoms with E-state index in [-0.39, 0.29) is 0 Å². The molecule has 1 aromatic rings. The van der Waals surface area contributed by atoms with Crippen LogP contribution >= 0.6 is 0 Å². The lowest BCUT2D eigenvalue weighted by Crippen LogP contribution is -2.30. The van der Waals surface area contributed by atoms with Crippen molar-refractivity contribution in [1.29, 1.82) is 0 Å². The van der Waals surface area contributed by atoms with Gasteiger partial charge >= 0.3 is 0 Å². The molecule has 0 bridgehead atoms. The van der Waals surface area contributed by atoms with E-state index in [2.05, 4.69) is 29.8 Å². The Balaban J connectivity index is 0.00000436. The normalized spacial score (nSPS) is 13.0. The molecule has 1 atom stereocenters. The van der Waals surface area contributed by atoms with E-state index in [1.54, 1.807) is 13.2 Å². The van der Waals surface area contributed by atoms with E-state index in [4.69, 9.17) is 0 Å². The summed E-state index contributed by atoms with van der Waals surface area (Å²) in [6.45, 7) is 12.9. The number of allylic oxidation sites excluding steroid dienone is 5. The number of carbonyl (C=O) groups is 1. The summed E-state index contributed by atoms with van der Waals surface area (Å²) in [5, 5.41) is 19.9. The molecule has 0 aliphatic carbocycles. The predicted octanol–water partition coefficient (Wildman–Crippen LogP) is 5.58. The van der Waals surface area contributed by atoms with E-state index in [0.29, 0.717) is 11.3 Å². The molecular formula is C26H41N3O2. The lowest BCUT2D eigenvalue weighted by atomic mass is 9.99. The molecule has 0 spiro atoms. The topological polar surface area (TPSA) is 73.4 Å². The number of hydrogen-bond donors (Lipinski definition) is 4. The lowest BCUT2D eigenvalue weighted by molar-refractivity contribution is -0.122. The number of rotatable bonds is 11. The summed E-state index contributed by atoms with van der Waals surface area (Å²) < 4.78 is 0. The number of benzene rings is 1. The van der Waals surface area contributed by atoms with Gasteiger partial charge in [-0.15, -0.1) is 0 Å². The highest BCUT2D eigenvalue weighted by molar-refractivity contribution is 5.97. The Morgan fingerprint density at radius 1 is 1.16 bits per heavy atom. The molecule has 0 aliphatic rings. The Morgan fingerprint density at radius 3 is 2.42 bits per heavy atom. The molecule has 0 saturated heterocycles. The van der Waals surface area contributed by atoms with E-state index in [1.165, 1.54) is 0 Å². The van der Waals surface area contributed by atoms with Crippen LogP contribution < -0.4 is 16.0 Å². The van der Waals surface area contributed by atoms with Gasteiger partial charge in [0.05, 0.1) is 0 Å². The molecule has 0 aliphatic heterocycles. The third-order valence-electron chi connectivity index (χ3n) is 4.31. The van der Waals surface area contributed by atoms with Crippen LogP contribution in [0.5, 0.6) is 0 Å². The molecule has 0 aromatic heterocycles.